The molecule has 0 saturated heterocycles. The minimum absolute atomic E-state index is 0.188. The molecular formula is C14H19N3OS. The molecule has 5 heteroatoms. The Kier molecular flexibility index (Phi) is 4.61. The molecule has 0 bridgehead atoms. The topological polar surface area (TPSA) is 64.9 Å². The maximum atomic E-state index is 6.03. The van der Waals surface area contributed by atoms with Crippen LogP contribution in [0.2, 0.25) is 0 Å². The Bertz CT molecular complexity index is 522. The van der Waals surface area contributed by atoms with Gasteiger partial charge < -0.3 is 10.3 Å². The zero-order valence-electron chi connectivity index (χ0n) is 11.5. The molecule has 2 aromatic rings. The van der Waals surface area contributed by atoms with Crippen LogP contribution < -0.4 is 5.73 Å². The van der Waals surface area contributed by atoms with Crippen LogP contribution in [-0.2, 0) is 0 Å². The summed E-state index contributed by atoms with van der Waals surface area (Å²) < 4.78 is 5.25. The first-order chi connectivity index (χ1) is 9.10. The first kappa shape index (κ1) is 14.1. The van der Waals surface area contributed by atoms with Gasteiger partial charge in [0.15, 0.2) is 0 Å². The normalized spacial score (nSPS) is 12.9. The van der Waals surface area contributed by atoms with Crippen molar-refractivity contribution in [3.05, 3.63) is 30.2 Å². The van der Waals surface area contributed by atoms with Crippen molar-refractivity contribution in [1.29, 1.82) is 0 Å². The van der Waals surface area contributed by atoms with Gasteiger partial charge in [-0.1, -0.05) is 19.0 Å². The Balaban J connectivity index is 2.15. The van der Waals surface area contributed by atoms with E-state index < -0.39 is 0 Å². The second-order valence-corrected chi connectivity index (χ2v) is 5.80. The Morgan fingerprint density at radius 1 is 1.26 bits per heavy atom. The van der Waals surface area contributed by atoms with Crippen molar-refractivity contribution < 1.29 is 4.52 Å². The molecule has 1 aromatic carbocycles. The molecule has 1 atom stereocenters. The van der Waals surface area contributed by atoms with Gasteiger partial charge >= 0.3 is 0 Å². The van der Waals surface area contributed by atoms with E-state index in [2.05, 4.69) is 24.0 Å². The molecule has 0 aliphatic heterocycles. The van der Waals surface area contributed by atoms with Gasteiger partial charge in [0.05, 0.1) is 6.04 Å². The number of hydrogen-bond donors (Lipinski definition) is 1. The fourth-order valence-electron chi connectivity index (χ4n) is 1.85. The van der Waals surface area contributed by atoms with Crippen LogP contribution in [0.15, 0.2) is 33.7 Å². The number of hydrogen-bond acceptors (Lipinski definition) is 5. The first-order valence-electron chi connectivity index (χ1n) is 6.33. The SMILES string of the molecule is CSc1ccc(-c2noc(C(N)CC(C)C)n2)cc1. The average Bonchev–Trinajstić information content (AvgIpc) is 2.88. The van der Waals surface area contributed by atoms with Crippen LogP contribution >= 0.6 is 11.8 Å². The molecule has 2 rings (SSSR count). The van der Waals surface area contributed by atoms with Gasteiger partial charge in [-0.2, -0.15) is 4.98 Å². The van der Waals surface area contributed by atoms with Crippen LogP contribution in [0.5, 0.6) is 0 Å². The lowest BCUT2D eigenvalue weighted by Crippen LogP contribution is -2.13. The fourth-order valence-corrected chi connectivity index (χ4v) is 2.26. The van der Waals surface area contributed by atoms with E-state index in [0.717, 1.165) is 12.0 Å². The third-order valence-corrected chi connectivity index (χ3v) is 3.58. The van der Waals surface area contributed by atoms with Gasteiger partial charge in [-0.05, 0) is 42.9 Å². The van der Waals surface area contributed by atoms with Crippen molar-refractivity contribution in [1.82, 2.24) is 10.1 Å². The molecular weight excluding hydrogens is 258 g/mol. The summed E-state index contributed by atoms with van der Waals surface area (Å²) in [7, 11) is 0. The third-order valence-electron chi connectivity index (χ3n) is 2.83. The number of nitrogens with two attached hydrogens (primary N) is 1. The van der Waals surface area contributed by atoms with Gasteiger partial charge in [0, 0.05) is 10.5 Å². The second-order valence-electron chi connectivity index (χ2n) is 4.92. The lowest BCUT2D eigenvalue weighted by Gasteiger charge is -2.08. The van der Waals surface area contributed by atoms with Crippen molar-refractivity contribution >= 4 is 11.8 Å². The highest BCUT2D eigenvalue weighted by Gasteiger charge is 2.16. The minimum Gasteiger partial charge on any atom is -0.337 e. The summed E-state index contributed by atoms with van der Waals surface area (Å²) in [5.41, 5.74) is 6.98. The molecule has 1 unspecified atom stereocenters. The zero-order chi connectivity index (χ0) is 13.8. The maximum absolute atomic E-state index is 6.03. The number of thioether (sulfide) groups is 1. The highest BCUT2D eigenvalue weighted by molar-refractivity contribution is 7.98. The van der Waals surface area contributed by atoms with Crippen molar-refractivity contribution in [3.8, 4) is 11.4 Å². The molecule has 0 aliphatic rings. The van der Waals surface area contributed by atoms with Crippen LogP contribution in [0.4, 0.5) is 0 Å². The van der Waals surface area contributed by atoms with Gasteiger partial charge in [0.25, 0.3) is 0 Å². The highest BCUT2D eigenvalue weighted by atomic mass is 32.2. The van der Waals surface area contributed by atoms with Crippen LogP contribution in [0, 0.1) is 5.92 Å². The van der Waals surface area contributed by atoms with Crippen LogP contribution in [0.25, 0.3) is 11.4 Å². The minimum atomic E-state index is -0.188. The number of nitrogens with zero attached hydrogens (tertiary/aromatic N) is 2. The Hall–Kier alpha value is -1.33. The molecule has 0 fully saturated rings. The third kappa shape index (κ3) is 3.58. The van der Waals surface area contributed by atoms with Gasteiger partial charge in [-0.3, -0.25) is 0 Å². The summed E-state index contributed by atoms with van der Waals surface area (Å²) in [6, 6.07) is 7.89. The van der Waals surface area contributed by atoms with E-state index in [-0.39, 0.29) is 6.04 Å². The summed E-state index contributed by atoms with van der Waals surface area (Å²) >= 11 is 1.71. The molecule has 0 aliphatic carbocycles. The van der Waals surface area contributed by atoms with Crippen molar-refractivity contribution in [2.45, 2.75) is 31.2 Å². The van der Waals surface area contributed by atoms with E-state index in [1.165, 1.54) is 4.90 Å². The van der Waals surface area contributed by atoms with E-state index in [0.29, 0.717) is 17.6 Å². The molecule has 0 radical (unpaired) electrons. The number of aromatic nitrogens is 2. The van der Waals surface area contributed by atoms with Gasteiger partial charge in [0.2, 0.25) is 11.7 Å². The molecule has 0 spiro atoms. The van der Waals surface area contributed by atoms with Gasteiger partial charge in [-0.15, -0.1) is 11.8 Å². The van der Waals surface area contributed by atoms with Crippen molar-refractivity contribution in [3.63, 3.8) is 0 Å². The van der Waals surface area contributed by atoms with E-state index >= 15 is 0 Å². The fraction of sp³-hybridized carbons (Fsp3) is 0.429. The molecule has 2 N–H and O–H groups in total. The molecule has 4 nitrogen and oxygen atoms in total. The molecule has 1 aromatic heterocycles. The van der Waals surface area contributed by atoms with Crippen LogP contribution in [0.3, 0.4) is 0 Å². The lowest BCUT2D eigenvalue weighted by molar-refractivity contribution is 0.335. The lowest BCUT2D eigenvalue weighted by atomic mass is 10.0. The average molecular weight is 277 g/mol. The van der Waals surface area contributed by atoms with Gasteiger partial charge in [-0.25, -0.2) is 0 Å². The summed E-state index contributed by atoms with van der Waals surface area (Å²) in [6.45, 7) is 4.25. The van der Waals surface area contributed by atoms with E-state index in [1.807, 2.05) is 30.5 Å². The monoisotopic (exact) mass is 277 g/mol. The Morgan fingerprint density at radius 2 is 1.95 bits per heavy atom. The number of benzene rings is 1. The zero-order valence-corrected chi connectivity index (χ0v) is 12.3. The highest BCUT2D eigenvalue weighted by Crippen LogP contribution is 2.23. The van der Waals surface area contributed by atoms with Gasteiger partial charge in [0.1, 0.15) is 0 Å². The maximum Gasteiger partial charge on any atom is 0.243 e. The molecule has 0 saturated carbocycles. The second kappa shape index (κ2) is 6.21. The quantitative estimate of drug-likeness (QED) is 0.847. The Morgan fingerprint density at radius 3 is 2.53 bits per heavy atom. The van der Waals surface area contributed by atoms with Crippen molar-refractivity contribution in [2.24, 2.45) is 11.7 Å². The molecule has 1 heterocycles. The van der Waals surface area contributed by atoms with E-state index in [1.54, 1.807) is 11.8 Å². The summed E-state index contributed by atoms with van der Waals surface area (Å²) in [4.78, 5) is 5.59. The first-order valence-corrected chi connectivity index (χ1v) is 7.56. The molecule has 102 valence electrons. The van der Waals surface area contributed by atoms with E-state index in [9.17, 15) is 0 Å². The smallest absolute Gasteiger partial charge is 0.243 e. The summed E-state index contributed by atoms with van der Waals surface area (Å²) in [5.74, 6) is 1.62. The van der Waals surface area contributed by atoms with Crippen LogP contribution in [0.1, 0.15) is 32.2 Å². The predicted octanol–water partition coefficient (Wildman–Crippen LogP) is 3.50. The Labute approximate surface area is 117 Å². The molecule has 0 amide bonds. The number of rotatable bonds is 5. The predicted molar refractivity (Wildman–Crippen MR) is 77.9 cm³/mol. The molecule has 19 heavy (non-hydrogen) atoms. The van der Waals surface area contributed by atoms with Crippen molar-refractivity contribution in [2.75, 3.05) is 6.26 Å². The largest absolute Gasteiger partial charge is 0.337 e. The summed E-state index contributed by atoms with van der Waals surface area (Å²) in [5, 5.41) is 4.00. The van der Waals surface area contributed by atoms with E-state index in [4.69, 9.17) is 10.3 Å². The van der Waals surface area contributed by atoms with Crippen LogP contribution in [-0.4, -0.2) is 16.4 Å². The standard InChI is InChI=1S/C14H19N3OS/c1-9(2)8-12(15)14-16-13(17-18-14)10-4-6-11(19-3)7-5-10/h4-7,9,12H,8,15H2,1-3H3. The summed E-state index contributed by atoms with van der Waals surface area (Å²) in [6.07, 6.45) is 2.89.